The molecule has 12 nitrogen and oxygen atoms in total. The van der Waals surface area contributed by atoms with Crippen LogP contribution in [0.25, 0.3) is 0 Å². The molecule has 71 heavy (non-hydrogen) atoms. The van der Waals surface area contributed by atoms with Crippen molar-refractivity contribution in [1.29, 1.82) is 0 Å². The van der Waals surface area contributed by atoms with Crippen LogP contribution >= 0.6 is 0 Å². The second-order valence-corrected chi connectivity index (χ2v) is 18.8. The van der Waals surface area contributed by atoms with Crippen LogP contribution in [-0.4, -0.2) is 89.2 Å². The zero-order valence-electron chi connectivity index (χ0n) is 44.4. The predicted octanol–water partition coefficient (Wildman–Crippen LogP) is 13.8. The molecule has 0 amide bonds. The molecule has 0 bridgehead atoms. The van der Waals surface area contributed by atoms with Gasteiger partial charge in [0.2, 0.25) is 0 Å². The summed E-state index contributed by atoms with van der Waals surface area (Å²) in [6.07, 6.45) is 46.0. The van der Waals surface area contributed by atoms with Crippen LogP contribution in [0.3, 0.4) is 0 Å². The van der Waals surface area contributed by atoms with Crippen molar-refractivity contribution >= 4 is 23.9 Å². The van der Waals surface area contributed by atoms with Crippen molar-refractivity contribution < 1.29 is 58.2 Å². The molecule has 1 aliphatic heterocycles. The smallest absolute Gasteiger partial charge is 0.335 e. The van der Waals surface area contributed by atoms with Gasteiger partial charge in [-0.05, 0) is 83.5 Å². The van der Waals surface area contributed by atoms with Crippen molar-refractivity contribution in [2.24, 2.45) is 0 Å². The summed E-state index contributed by atoms with van der Waals surface area (Å²) >= 11 is 0. The normalized spacial score (nSPS) is 19.0. The van der Waals surface area contributed by atoms with Gasteiger partial charge < -0.3 is 39.0 Å². The Labute approximate surface area is 429 Å². The van der Waals surface area contributed by atoms with Gasteiger partial charge in [-0.1, -0.05) is 196 Å². The number of rotatable bonds is 46. The van der Waals surface area contributed by atoms with E-state index in [-0.39, 0.29) is 25.9 Å². The minimum Gasteiger partial charge on any atom is -0.479 e. The molecule has 6 unspecified atom stereocenters. The van der Waals surface area contributed by atoms with Gasteiger partial charge in [-0.25, -0.2) is 4.79 Å². The first-order valence-corrected chi connectivity index (χ1v) is 27.9. The summed E-state index contributed by atoms with van der Waals surface area (Å²) in [6.45, 7) is 5.71. The molecule has 0 aromatic carbocycles. The first-order chi connectivity index (χ1) is 34.6. The van der Waals surface area contributed by atoms with Crippen LogP contribution in [0.4, 0.5) is 0 Å². The number of carbonyl (C=O) groups is 4. The SMILES string of the molecule is CC/C=C\C/C=C\C/C=C\CCCCCCCCCC(=O)OC1C(OCC(COC(=O)CCCCCCC/C=C\C/C=C\C/C=C\CC)OC(=O)CCCCCCCCCCC)OC(C(=O)O)C(O)C1O. The quantitative estimate of drug-likeness (QED) is 0.0228. The van der Waals surface area contributed by atoms with Gasteiger partial charge in [-0.2, -0.15) is 0 Å². The maximum Gasteiger partial charge on any atom is 0.335 e. The van der Waals surface area contributed by atoms with Crippen molar-refractivity contribution in [3.63, 3.8) is 0 Å². The van der Waals surface area contributed by atoms with E-state index in [2.05, 4.69) is 93.7 Å². The lowest BCUT2D eigenvalue weighted by Crippen LogP contribution is -2.61. The van der Waals surface area contributed by atoms with Gasteiger partial charge in [0.1, 0.15) is 18.8 Å². The van der Waals surface area contributed by atoms with E-state index in [1.807, 2.05) is 0 Å². The van der Waals surface area contributed by atoms with E-state index in [0.717, 1.165) is 135 Å². The molecule has 6 atom stereocenters. The molecule has 1 rings (SSSR count). The van der Waals surface area contributed by atoms with Crippen LogP contribution in [0, 0.1) is 0 Å². The molecule has 0 aromatic heterocycles. The fourth-order valence-electron chi connectivity index (χ4n) is 8.04. The zero-order valence-corrected chi connectivity index (χ0v) is 44.4. The van der Waals surface area contributed by atoms with Crippen LogP contribution in [0.15, 0.2) is 72.9 Å². The lowest BCUT2D eigenvalue weighted by molar-refractivity contribution is -0.301. The van der Waals surface area contributed by atoms with Crippen molar-refractivity contribution in [2.75, 3.05) is 13.2 Å². The van der Waals surface area contributed by atoms with E-state index in [1.54, 1.807) is 0 Å². The van der Waals surface area contributed by atoms with Crippen LogP contribution in [-0.2, 0) is 42.9 Å². The van der Waals surface area contributed by atoms with Gasteiger partial charge in [0.05, 0.1) is 6.61 Å². The molecule has 406 valence electrons. The molecule has 1 saturated heterocycles. The average Bonchev–Trinajstić information content (AvgIpc) is 3.35. The number of carboxylic acid groups (broad SMARTS) is 1. The van der Waals surface area contributed by atoms with E-state index in [1.165, 1.54) is 32.1 Å². The van der Waals surface area contributed by atoms with E-state index in [4.69, 9.17) is 23.7 Å². The number of carbonyl (C=O) groups excluding carboxylic acids is 3. The Hall–Kier alpha value is -3.84. The molecule has 0 radical (unpaired) electrons. The summed E-state index contributed by atoms with van der Waals surface area (Å²) in [5.41, 5.74) is 0. The highest BCUT2D eigenvalue weighted by molar-refractivity contribution is 5.74. The number of ether oxygens (including phenoxy) is 5. The number of hydrogen-bond acceptors (Lipinski definition) is 11. The Kier molecular flexibility index (Phi) is 43.3. The lowest BCUT2D eigenvalue weighted by Gasteiger charge is -2.40. The minimum absolute atomic E-state index is 0.0464. The summed E-state index contributed by atoms with van der Waals surface area (Å²) in [5, 5.41) is 31.4. The molecule has 12 heteroatoms. The Balaban J connectivity index is 2.68. The molecular weight excluding hydrogens is 901 g/mol. The number of esters is 3. The van der Waals surface area contributed by atoms with Crippen LogP contribution < -0.4 is 0 Å². The van der Waals surface area contributed by atoms with Gasteiger partial charge in [-0.15, -0.1) is 0 Å². The van der Waals surface area contributed by atoms with Crippen LogP contribution in [0.1, 0.15) is 226 Å². The lowest BCUT2D eigenvalue weighted by atomic mass is 9.98. The molecule has 1 aliphatic rings. The first kappa shape index (κ1) is 65.2. The number of hydrogen-bond donors (Lipinski definition) is 3. The summed E-state index contributed by atoms with van der Waals surface area (Å²) < 4.78 is 28.3. The third-order valence-electron chi connectivity index (χ3n) is 12.3. The third kappa shape index (κ3) is 37.6. The topological polar surface area (TPSA) is 175 Å². The van der Waals surface area contributed by atoms with Gasteiger partial charge >= 0.3 is 23.9 Å². The Bertz CT molecular complexity index is 1510. The molecule has 3 N–H and O–H groups in total. The summed E-state index contributed by atoms with van der Waals surface area (Å²) in [7, 11) is 0. The highest BCUT2D eigenvalue weighted by atomic mass is 16.7. The van der Waals surface area contributed by atoms with Gasteiger partial charge in [-0.3, -0.25) is 14.4 Å². The van der Waals surface area contributed by atoms with Crippen molar-refractivity contribution in [1.82, 2.24) is 0 Å². The fourth-order valence-corrected chi connectivity index (χ4v) is 8.04. The van der Waals surface area contributed by atoms with Crippen LogP contribution in [0.2, 0.25) is 0 Å². The fraction of sp³-hybridized carbons (Fsp3) is 0.729. The van der Waals surface area contributed by atoms with Crippen molar-refractivity contribution in [3.8, 4) is 0 Å². The standard InChI is InChI=1S/C59H98O12/c1-4-7-10-13-16-19-21-23-25-26-28-30-32-35-38-41-44-47-53(62)70-57-55(64)54(63)56(58(65)66)71-59(57)68-49-50(69-52(61)46-43-40-37-33-18-15-12-9-6-3)48-67-51(60)45-42-39-36-34-31-29-27-24-22-20-17-14-11-8-5-2/h7-8,10-11,16-17,19-20,23-25,27,50,54-57,59,63-64H,4-6,9,12-15,18,21-22,26,28-49H2,1-3H3,(H,65,66)/b10-7-,11-8-,19-16-,20-17-,25-23-,27-24-. The number of aliphatic hydroxyl groups is 2. The molecular formula is C59H98O12. The molecule has 1 fully saturated rings. The highest BCUT2D eigenvalue weighted by Crippen LogP contribution is 2.26. The molecule has 0 aromatic rings. The second-order valence-electron chi connectivity index (χ2n) is 18.8. The number of aliphatic hydroxyl groups excluding tert-OH is 2. The van der Waals surface area contributed by atoms with Crippen molar-refractivity contribution in [2.45, 2.75) is 263 Å². The minimum atomic E-state index is -1.91. The van der Waals surface area contributed by atoms with Gasteiger partial charge in [0.25, 0.3) is 0 Å². The summed E-state index contributed by atoms with van der Waals surface area (Å²) in [6, 6.07) is 0. The first-order valence-electron chi connectivity index (χ1n) is 27.9. The van der Waals surface area contributed by atoms with Gasteiger partial charge in [0.15, 0.2) is 24.6 Å². The van der Waals surface area contributed by atoms with Crippen molar-refractivity contribution in [3.05, 3.63) is 72.9 Å². The Morgan fingerprint density at radius 2 is 0.887 bits per heavy atom. The Morgan fingerprint density at radius 3 is 1.35 bits per heavy atom. The van der Waals surface area contributed by atoms with E-state index in [9.17, 15) is 34.5 Å². The largest absolute Gasteiger partial charge is 0.479 e. The monoisotopic (exact) mass is 999 g/mol. The third-order valence-corrected chi connectivity index (χ3v) is 12.3. The maximum atomic E-state index is 13.0. The maximum absolute atomic E-state index is 13.0. The number of aliphatic carboxylic acids is 1. The number of allylic oxidation sites excluding steroid dienone is 12. The average molecular weight is 999 g/mol. The summed E-state index contributed by atoms with van der Waals surface area (Å²) in [5.74, 6) is -3.16. The number of carboxylic acids is 1. The Morgan fingerprint density at radius 1 is 0.479 bits per heavy atom. The second kappa shape index (κ2) is 47.2. The van der Waals surface area contributed by atoms with E-state index >= 15 is 0 Å². The molecule has 1 heterocycles. The van der Waals surface area contributed by atoms with Crippen LogP contribution in [0.5, 0.6) is 0 Å². The molecule has 0 spiro atoms. The highest BCUT2D eigenvalue weighted by Gasteiger charge is 2.50. The predicted molar refractivity (Wildman–Crippen MR) is 285 cm³/mol. The number of unbranched alkanes of at least 4 members (excludes halogenated alkanes) is 20. The zero-order chi connectivity index (χ0) is 51.8. The van der Waals surface area contributed by atoms with E-state index in [0.29, 0.717) is 19.3 Å². The summed E-state index contributed by atoms with van der Waals surface area (Å²) in [4.78, 5) is 50.9. The molecule has 0 aliphatic carbocycles. The molecule has 0 saturated carbocycles. The van der Waals surface area contributed by atoms with Gasteiger partial charge in [0, 0.05) is 19.3 Å². The van der Waals surface area contributed by atoms with E-state index < -0.39 is 67.3 Å².